The summed E-state index contributed by atoms with van der Waals surface area (Å²) in [4.78, 5) is 12.3. The van der Waals surface area contributed by atoms with Gasteiger partial charge in [-0.2, -0.15) is 5.26 Å². The largest absolute Gasteiger partial charge is 0.382 e. The zero-order valence-electron chi connectivity index (χ0n) is 6.38. The minimum absolute atomic E-state index is 0.185. The average Bonchev–Trinajstić information content (AvgIpc) is 1.81. The first-order valence-electron chi connectivity index (χ1n) is 2.87. The van der Waals surface area contributed by atoms with E-state index in [2.05, 4.69) is 0 Å². The van der Waals surface area contributed by atoms with E-state index in [0.717, 1.165) is 0 Å². The number of nitriles is 1. The van der Waals surface area contributed by atoms with Crippen LogP contribution in [-0.2, 0) is 4.79 Å². The summed E-state index contributed by atoms with van der Waals surface area (Å²) < 4.78 is 0. The van der Waals surface area contributed by atoms with Gasteiger partial charge in [0, 0.05) is 20.3 Å². The molecule has 0 rings (SSSR count). The monoisotopic (exact) mass is 138 g/mol. The fraction of sp³-hybridized carbons (Fsp3) is 0.429. The maximum absolute atomic E-state index is 10.6. The summed E-state index contributed by atoms with van der Waals surface area (Å²) in [6.45, 7) is 1.37. The second-order valence-electron chi connectivity index (χ2n) is 2.17. The number of carbonyl (C=O) groups is 1. The van der Waals surface area contributed by atoms with Gasteiger partial charge in [-0.25, -0.2) is 0 Å². The molecule has 0 aliphatic heterocycles. The Balaban J connectivity index is 4.39. The van der Waals surface area contributed by atoms with Crippen molar-refractivity contribution in [2.75, 3.05) is 14.1 Å². The lowest BCUT2D eigenvalue weighted by atomic mass is 10.2. The zero-order valence-corrected chi connectivity index (χ0v) is 6.38. The molecule has 0 aliphatic carbocycles. The molecule has 0 aromatic heterocycles. The van der Waals surface area contributed by atoms with E-state index in [0.29, 0.717) is 0 Å². The number of hydrogen-bond acceptors (Lipinski definition) is 3. The second kappa shape index (κ2) is 3.67. The van der Waals surface area contributed by atoms with E-state index in [4.69, 9.17) is 5.26 Å². The molecule has 0 N–H and O–H groups in total. The maximum atomic E-state index is 10.6. The van der Waals surface area contributed by atoms with Crippen LogP contribution in [0.25, 0.3) is 0 Å². The third-order valence-electron chi connectivity index (χ3n) is 0.887. The highest BCUT2D eigenvalue weighted by Gasteiger charge is 2.00. The van der Waals surface area contributed by atoms with Crippen molar-refractivity contribution in [1.29, 1.82) is 5.26 Å². The molecule has 0 aromatic rings. The summed E-state index contributed by atoms with van der Waals surface area (Å²) >= 11 is 0. The Kier molecular flexibility index (Phi) is 3.20. The summed E-state index contributed by atoms with van der Waals surface area (Å²) in [6, 6.07) is 1.80. The molecule has 0 saturated heterocycles. The predicted octanol–water partition coefficient (Wildman–Crippen LogP) is 0.544. The summed E-state index contributed by atoms with van der Waals surface area (Å²) in [5.41, 5.74) is 0.185. The molecule has 3 nitrogen and oxygen atoms in total. The summed E-state index contributed by atoms with van der Waals surface area (Å²) in [7, 11) is 3.53. The lowest BCUT2D eigenvalue weighted by Crippen LogP contribution is -2.05. The van der Waals surface area contributed by atoms with Crippen LogP contribution in [0.3, 0.4) is 0 Å². The summed E-state index contributed by atoms with van der Waals surface area (Å²) in [6.07, 6.45) is 1.50. The number of rotatable bonds is 2. The average molecular weight is 138 g/mol. The van der Waals surface area contributed by atoms with Crippen LogP contribution in [0.2, 0.25) is 0 Å². The van der Waals surface area contributed by atoms with Crippen molar-refractivity contribution >= 4 is 5.78 Å². The number of carbonyl (C=O) groups excluding carboxylic acids is 1. The number of Topliss-reactive ketones (excluding diaryl/α,β-unsaturated/α-hetero) is 1. The van der Waals surface area contributed by atoms with Crippen molar-refractivity contribution in [3.8, 4) is 6.07 Å². The molecule has 0 amide bonds. The van der Waals surface area contributed by atoms with E-state index in [-0.39, 0.29) is 11.4 Å². The van der Waals surface area contributed by atoms with E-state index in [1.807, 2.05) is 0 Å². The Morgan fingerprint density at radius 1 is 1.60 bits per heavy atom. The molecule has 54 valence electrons. The second-order valence-corrected chi connectivity index (χ2v) is 2.17. The van der Waals surface area contributed by atoms with Crippen LogP contribution in [-0.4, -0.2) is 24.8 Å². The molecule has 0 saturated carbocycles. The highest BCUT2D eigenvalue weighted by Crippen LogP contribution is 1.93. The third kappa shape index (κ3) is 2.88. The van der Waals surface area contributed by atoms with Crippen molar-refractivity contribution in [2.45, 2.75) is 6.92 Å². The van der Waals surface area contributed by atoms with Gasteiger partial charge in [-0.1, -0.05) is 0 Å². The molecular formula is C7H10N2O. The van der Waals surface area contributed by atoms with E-state index in [1.54, 1.807) is 25.1 Å². The van der Waals surface area contributed by atoms with E-state index >= 15 is 0 Å². The SMILES string of the molecule is CC(=O)C(C#N)=CN(C)C. The topological polar surface area (TPSA) is 44.1 Å². The van der Waals surface area contributed by atoms with Crippen LogP contribution in [0.5, 0.6) is 0 Å². The fourth-order valence-electron chi connectivity index (χ4n) is 0.457. The van der Waals surface area contributed by atoms with Crippen LogP contribution < -0.4 is 0 Å². The smallest absolute Gasteiger partial charge is 0.171 e. The molecule has 0 aliphatic rings. The van der Waals surface area contributed by atoms with Gasteiger partial charge < -0.3 is 4.90 Å². The Hall–Kier alpha value is -1.30. The Labute approximate surface area is 60.6 Å². The Morgan fingerprint density at radius 3 is 2.20 bits per heavy atom. The van der Waals surface area contributed by atoms with Gasteiger partial charge in [0.2, 0.25) is 0 Å². The van der Waals surface area contributed by atoms with Gasteiger partial charge in [-0.05, 0) is 6.92 Å². The van der Waals surface area contributed by atoms with Crippen LogP contribution in [0.1, 0.15) is 6.92 Å². The first kappa shape index (κ1) is 8.70. The van der Waals surface area contributed by atoms with Crippen molar-refractivity contribution in [3.05, 3.63) is 11.8 Å². The summed E-state index contributed by atoms with van der Waals surface area (Å²) in [5.74, 6) is -0.198. The fourth-order valence-corrected chi connectivity index (χ4v) is 0.457. The minimum Gasteiger partial charge on any atom is -0.382 e. The van der Waals surface area contributed by atoms with Crippen LogP contribution in [0, 0.1) is 11.3 Å². The molecule has 3 heteroatoms. The molecule has 0 aromatic carbocycles. The molecule has 0 spiro atoms. The molecule has 0 unspecified atom stereocenters. The number of nitrogens with zero attached hydrogens (tertiary/aromatic N) is 2. The first-order valence-corrected chi connectivity index (χ1v) is 2.87. The molecule has 0 bridgehead atoms. The quantitative estimate of drug-likeness (QED) is 0.413. The zero-order chi connectivity index (χ0) is 8.15. The molecule has 0 radical (unpaired) electrons. The normalized spacial score (nSPS) is 10.4. The number of ketones is 1. The van der Waals surface area contributed by atoms with Gasteiger partial charge >= 0.3 is 0 Å². The Morgan fingerprint density at radius 2 is 2.10 bits per heavy atom. The van der Waals surface area contributed by atoms with Gasteiger partial charge in [0.15, 0.2) is 5.78 Å². The highest BCUT2D eigenvalue weighted by molar-refractivity contribution is 5.96. The minimum atomic E-state index is -0.198. The molecule has 10 heavy (non-hydrogen) atoms. The van der Waals surface area contributed by atoms with Crippen molar-refractivity contribution in [3.63, 3.8) is 0 Å². The van der Waals surface area contributed by atoms with E-state index < -0.39 is 0 Å². The molecule has 0 atom stereocenters. The van der Waals surface area contributed by atoms with Crippen molar-refractivity contribution in [2.24, 2.45) is 0 Å². The van der Waals surface area contributed by atoms with Gasteiger partial charge in [0.05, 0.1) is 0 Å². The number of hydrogen-bond donors (Lipinski definition) is 0. The molecule has 0 fully saturated rings. The van der Waals surface area contributed by atoms with Gasteiger partial charge in [0.1, 0.15) is 11.6 Å². The van der Waals surface area contributed by atoms with E-state index in [9.17, 15) is 4.79 Å². The first-order chi connectivity index (χ1) is 4.57. The number of allylic oxidation sites excluding steroid dienone is 1. The molecular weight excluding hydrogens is 128 g/mol. The van der Waals surface area contributed by atoms with Crippen LogP contribution in [0.15, 0.2) is 11.8 Å². The van der Waals surface area contributed by atoms with Gasteiger partial charge in [0.25, 0.3) is 0 Å². The van der Waals surface area contributed by atoms with Crippen molar-refractivity contribution < 1.29 is 4.79 Å². The van der Waals surface area contributed by atoms with Gasteiger partial charge in [-0.15, -0.1) is 0 Å². The third-order valence-corrected chi connectivity index (χ3v) is 0.887. The Bertz CT molecular complexity index is 198. The maximum Gasteiger partial charge on any atom is 0.171 e. The predicted molar refractivity (Wildman–Crippen MR) is 38.1 cm³/mol. The lowest BCUT2D eigenvalue weighted by Gasteiger charge is -2.03. The highest BCUT2D eigenvalue weighted by atomic mass is 16.1. The van der Waals surface area contributed by atoms with Crippen LogP contribution >= 0.6 is 0 Å². The molecule has 0 heterocycles. The lowest BCUT2D eigenvalue weighted by molar-refractivity contribution is -0.113. The standard InChI is InChI=1S/C7H10N2O/c1-6(10)7(4-8)5-9(2)3/h5H,1-3H3. The van der Waals surface area contributed by atoms with Gasteiger partial charge in [-0.3, -0.25) is 4.79 Å². The van der Waals surface area contributed by atoms with Crippen molar-refractivity contribution in [1.82, 2.24) is 4.90 Å². The summed E-state index contributed by atoms with van der Waals surface area (Å²) in [5, 5.41) is 8.38. The van der Waals surface area contributed by atoms with E-state index in [1.165, 1.54) is 13.1 Å². The van der Waals surface area contributed by atoms with Crippen LogP contribution in [0.4, 0.5) is 0 Å².